The van der Waals surface area contributed by atoms with Crippen LogP contribution in [0.15, 0.2) is 84.9 Å². The molecular formula is C24H19ClN2O3. The highest BCUT2D eigenvalue weighted by molar-refractivity contribution is 6.30. The van der Waals surface area contributed by atoms with Crippen LogP contribution in [0.3, 0.4) is 0 Å². The quantitative estimate of drug-likeness (QED) is 0.590. The smallest absolute Gasteiger partial charge is 0.262 e. The van der Waals surface area contributed by atoms with Crippen molar-refractivity contribution in [1.82, 2.24) is 4.90 Å². The molecule has 2 heterocycles. The molecule has 0 bridgehead atoms. The third kappa shape index (κ3) is 3.16. The van der Waals surface area contributed by atoms with E-state index in [0.29, 0.717) is 5.02 Å². The second-order valence-corrected chi connectivity index (χ2v) is 7.90. The Labute approximate surface area is 179 Å². The van der Waals surface area contributed by atoms with Crippen molar-refractivity contribution in [2.75, 3.05) is 5.06 Å². The first kappa shape index (κ1) is 18.9. The number of amides is 2. The molecule has 3 aromatic rings. The van der Waals surface area contributed by atoms with Crippen LogP contribution in [-0.4, -0.2) is 22.8 Å². The van der Waals surface area contributed by atoms with Crippen molar-refractivity contribution < 1.29 is 14.4 Å². The first-order valence-corrected chi connectivity index (χ1v) is 10.2. The highest BCUT2D eigenvalue weighted by atomic mass is 35.5. The van der Waals surface area contributed by atoms with E-state index < -0.39 is 18.1 Å². The fourth-order valence-electron chi connectivity index (χ4n) is 4.22. The molecule has 0 spiro atoms. The van der Waals surface area contributed by atoms with Crippen molar-refractivity contribution in [3.63, 3.8) is 0 Å². The van der Waals surface area contributed by atoms with Gasteiger partial charge in [0, 0.05) is 5.02 Å². The van der Waals surface area contributed by atoms with Gasteiger partial charge in [-0.1, -0.05) is 72.3 Å². The minimum absolute atomic E-state index is 0.225. The largest absolute Gasteiger partial charge is 0.275 e. The number of para-hydroxylation sites is 1. The normalized spacial score (nSPS) is 23.2. The summed E-state index contributed by atoms with van der Waals surface area (Å²) < 4.78 is 0. The van der Waals surface area contributed by atoms with E-state index >= 15 is 0 Å². The Morgan fingerprint density at radius 1 is 0.833 bits per heavy atom. The molecule has 2 saturated heterocycles. The maximum absolute atomic E-state index is 13.4. The number of carbonyl (C=O) groups excluding carboxylic acids is 2. The van der Waals surface area contributed by atoms with Gasteiger partial charge in [-0.05, 0) is 35.4 Å². The van der Waals surface area contributed by atoms with Crippen LogP contribution < -0.4 is 5.06 Å². The van der Waals surface area contributed by atoms with Crippen molar-refractivity contribution >= 4 is 29.1 Å². The zero-order chi connectivity index (χ0) is 20.7. The summed E-state index contributed by atoms with van der Waals surface area (Å²) in [6, 6.07) is 25.9. The highest BCUT2D eigenvalue weighted by Gasteiger charge is 2.59. The average molecular weight is 419 g/mol. The number of rotatable bonds is 4. The number of nitrogens with zero attached hydrogens (tertiary/aromatic N) is 2. The summed E-state index contributed by atoms with van der Waals surface area (Å²) in [4.78, 5) is 34.0. The molecule has 0 aromatic heterocycles. The Kier molecular flexibility index (Phi) is 4.77. The molecule has 2 aliphatic heterocycles. The molecule has 5 rings (SSSR count). The predicted molar refractivity (Wildman–Crippen MR) is 113 cm³/mol. The molecule has 6 heteroatoms. The SMILES string of the molecule is O=C1[C@H]2[C@H](ON(c3ccccc3)[C@H]2c2cccc(Cl)c2)C(=O)N1Cc1ccccc1. The lowest BCUT2D eigenvalue weighted by molar-refractivity contribution is -0.143. The van der Waals surface area contributed by atoms with E-state index in [9.17, 15) is 9.59 Å². The molecule has 0 unspecified atom stereocenters. The number of halogens is 1. The van der Waals surface area contributed by atoms with Crippen LogP contribution in [0.4, 0.5) is 5.69 Å². The van der Waals surface area contributed by atoms with Crippen LogP contribution in [0.5, 0.6) is 0 Å². The van der Waals surface area contributed by atoms with Crippen LogP contribution in [0.1, 0.15) is 17.2 Å². The van der Waals surface area contributed by atoms with E-state index in [1.807, 2.05) is 78.9 Å². The minimum Gasteiger partial charge on any atom is -0.275 e. The van der Waals surface area contributed by atoms with Crippen molar-refractivity contribution in [1.29, 1.82) is 0 Å². The molecule has 5 nitrogen and oxygen atoms in total. The highest BCUT2D eigenvalue weighted by Crippen LogP contribution is 2.47. The Morgan fingerprint density at radius 2 is 1.53 bits per heavy atom. The number of carbonyl (C=O) groups is 2. The Hall–Kier alpha value is -3.15. The van der Waals surface area contributed by atoms with E-state index in [-0.39, 0.29) is 18.4 Å². The fraction of sp³-hybridized carbons (Fsp3) is 0.167. The molecule has 150 valence electrons. The van der Waals surface area contributed by atoms with Gasteiger partial charge in [0.2, 0.25) is 5.91 Å². The predicted octanol–water partition coefficient (Wildman–Crippen LogP) is 4.39. The molecule has 0 aliphatic carbocycles. The summed E-state index contributed by atoms with van der Waals surface area (Å²) in [7, 11) is 0. The molecule has 3 atom stereocenters. The maximum atomic E-state index is 13.4. The number of imide groups is 1. The third-order valence-electron chi connectivity index (χ3n) is 5.59. The minimum atomic E-state index is -0.856. The van der Waals surface area contributed by atoms with Gasteiger partial charge in [0.25, 0.3) is 5.91 Å². The van der Waals surface area contributed by atoms with E-state index in [2.05, 4.69) is 0 Å². The van der Waals surface area contributed by atoms with Crippen molar-refractivity contribution in [3.05, 3.63) is 101 Å². The van der Waals surface area contributed by atoms with Crippen molar-refractivity contribution in [2.24, 2.45) is 5.92 Å². The van der Waals surface area contributed by atoms with Gasteiger partial charge < -0.3 is 0 Å². The van der Waals surface area contributed by atoms with Gasteiger partial charge in [-0.3, -0.25) is 19.3 Å². The van der Waals surface area contributed by atoms with Gasteiger partial charge >= 0.3 is 0 Å². The summed E-state index contributed by atoms with van der Waals surface area (Å²) in [5.41, 5.74) is 2.52. The summed E-state index contributed by atoms with van der Waals surface area (Å²) in [5.74, 6) is -1.17. The molecule has 2 fully saturated rings. The third-order valence-corrected chi connectivity index (χ3v) is 5.83. The Balaban J connectivity index is 1.53. The molecule has 0 saturated carbocycles. The van der Waals surface area contributed by atoms with Gasteiger partial charge in [-0.15, -0.1) is 0 Å². The summed E-state index contributed by atoms with van der Waals surface area (Å²) in [5, 5.41) is 2.25. The lowest BCUT2D eigenvalue weighted by Gasteiger charge is -2.28. The van der Waals surface area contributed by atoms with Crippen LogP contribution in [0.25, 0.3) is 0 Å². The lowest BCUT2D eigenvalue weighted by Crippen LogP contribution is -2.36. The average Bonchev–Trinajstić information content (AvgIpc) is 3.27. The summed E-state index contributed by atoms with van der Waals surface area (Å²) >= 11 is 6.24. The van der Waals surface area contributed by atoms with E-state index in [0.717, 1.165) is 16.8 Å². The molecule has 2 aliphatic rings. The number of hydroxylamine groups is 1. The zero-order valence-corrected chi connectivity index (χ0v) is 16.8. The van der Waals surface area contributed by atoms with E-state index in [1.165, 1.54) is 4.90 Å². The topological polar surface area (TPSA) is 49.9 Å². The second kappa shape index (κ2) is 7.59. The standard InChI is InChI=1S/C24H19ClN2O3/c25-18-11-7-10-17(14-18)21-20-22(30-27(21)19-12-5-2-6-13-19)24(29)26(23(20)28)15-16-8-3-1-4-9-16/h1-14,20-22H,15H2/t20-,21+,22+/m1/s1. The molecule has 0 N–H and O–H groups in total. The van der Waals surface area contributed by atoms with Crippen molar-refractivity contribution in [2.45, 2.75) is 18.7 Å². The molecular weight excluding hydrogens is 400 g/mol. The summed E-state index contributed by atoms with van der Waals surface area (Å²) in [6.45, 7) is 0.239. The number of likely N-dealkylation sites (tertiary alicyclic amines) is 1. The summed E-state index contributed by atoms with van der Waals surface area (Å²) in [6.07, 6.45) is -0.856. The van der Waals surface area contributed by atoms with E-state index in [1.54, 1.807) is 11.1 Å². The number of hydrogen-bond donors (Lipinski definition) is 0. The van der Waals surface area contributed by atoms with Gasteiger partial charge in [-0.2, -0.15) is 0 Å². The number of benzene rings is 3. The van der Waals surface area contributed by atoms with Crippen LogP contribution in [0, 0.1) is 5.92 Å². The lowest BCUT2D eigenvalue weighted by atomic mass is 9.90. The van der Waals surface area contributed by atoms with E-state index in [4.69, 9.17) is 16.4 Å². The molecule has 2 amide bonds. The molecule has 0 radical (unpaired) electrons. The van der Waals surface area contributed by atoms with Crippen LogP contribution >= 0.6 is 11.6 Å². The Bertz CT molecular complexity index is 1090. The van der Waals surface area contributed by atoms with Gasteiger partial charge in [0.15, 0.2) is 6.10 Å². The first-order chi connectivity index (χ1) is 14.6. The number of hydrogen-bond acceptors (Lipinski definition) is 4. The number of fused-ring (bicyclic) bond motifs is 1. The second-order valence-electron chi connectivity index (χ2n) is 7.46. The number of anilines is 1. The van der Waals surface area contributed by atoms with Gasteiger partial charge in [0.1, 0.15) is 5.92 Å². The van der Waals surface area contributed by atoms with Gasteiger partial charge in [-0.25, -0.2) is 5.06 Å². The maximum Gasteiger partial charge on any atom is 0.262 e. The Morgan fingerprint density at radius 3 is 2.23 bits per heavy atom. The van der Waals surface area contributed by atoms with Crippen LogP contribution in [-0.2, 0) is 21.0 Å². The fourth-order valence-corrected chi connectivity index (χ4v) is 4.42. The molecule has 3 aromatic carbocycles. The first-order valence-electron chi connectivity index (χ1n) is 9.79. The zero-order valence-electron chi connectivity index (χ0n) is 16.0. The monoisotopic (exact) mass is 418 g/mol. The molecule has 30 heavy (non-hydrogen) atoms. The van der Waals surface area contributed by atoms with Crippen molar-refractivity contribution in [3.8, 4) is 0 Å². The van der Waals surface area contributed by atoms with Crippen LogP contribution in [0.2, 0.25) is 5.02 Å². The van der Waals surface area contributed by atoms with Gasteiger partial charge in [0.05, 0.1) is 18.3 Å².